The van der Waals surface area contributed by atoms with E-state index >= 15 is 0 Å². The summed E-state index contributed by atoms with van der Waals surface area (Å²) in [6.07, 6.45) is 5.13. The summed E-state index contributed by atoms with van der Waals surface area (Å²) in [6.45, 7) is 0. The first-order chi connectivity index (χ1) is 11.9. The number of rotatable bonds is 3. The number of aromatic nitrogens is 6. The van der Waals surface area contributed by atoms with Gasteiger partial charge in [-0.15, -0.1) is 0 Å². The topological polar surface area (TPSA) is 77.3 Å². The Labute approximate surface area is 165 Å². The van der Waals surface area contributed by atoms with E-state index < -0.39 is 0 Å². The van der Waals surface area contributed by atoms with Crippen molar-refractivity contribution in [2.24, 2.45) is 0 Å². The van der Waals surface area contributed by atoms with Crippen LogP contribution in [0, 0.1) is 0 Å². The Morgan fingerprint density at radius 2 is 0.760 bits per heavy atom. The van der Waals surface area contributed by atoms with Gasteiger partial charge >= 0.3 is 0 Å². The molecule has 0 aliphatic heterocycles. The second-order valence-electron chi connectivity index (χ2n) is 4.95. The van der Waals surface area contributed by atoms with Gasteiger partial charge in [0.15, 0.2) is 17.5 Å². The third-order valence-electron chi connectivity index (χ3n) is 3.32. The van der Waals surface area contributed by atoms with Crippen LogP contribution < -0.4 is 0 Å². The molecule has 0 saturated heterocycles. The first kappa shape index (κ1) is 17.2. The van der Waals surface area contributed by atoms with E-state index in [4.69, 9.17) is 0 Å². The fourth-order valence-electron chi connectivity index (χ4n) is 2.20. The van der Waals surface area contributed by atoms with Crippen molar-refractivity contribution < 1.29 is 27.7 Å². The van der Waals surface area contributed by atoms with Crippen molar-refractivity contribution in [2.75, 3.05) is 0 Å². The first-order valence-corrected chi connectivity index (χ1v) is 7.40. The van der Waals surface area contributed by atoms with Crippen LogP contribution in [0.2, 0.25) is 0 Å². The van der Waals surface area contributed by atoms with Crippen LogP contribution in [0.1, 0.15) is 0 Å². The number of pyridine rings is 3. The molecule has 4 aromatic heterocycles. The Bertz CT molecular complexity index is 809. The van der Waals surface area contributed by atoms with Crippen molar-refractivity contribution in [3.63, 3.8) is 0 Å². The summed E-state index contributed by atoms with van der Waals surface area (Å²) < 4.78 is 0. The maximum atomic E-state index is 4.52. The minimum Gasteiger partial charge on any atom is -0.253 e. The van der Waals surface area contributed by atoms with Crippen LogP contribution in [0.3, 0.4) is 0 Å². The van der Waals surface area contributed by atoms with Crippen molar-refractivity contribution in [1.82, 2.24) is 29.9 Å². The van der Waals surface area contributed by atoms with E-state index in [1.54, 1.807) is 18.6 Å². The van der Waals surface area contributed by atoms with Gasteiger partial charge in [-0.1, -0.05) is 18.2 Å². The van der Waals surface area contributed by atoms with E-state index in [0.717, 1.165) is 0 Å². The van der Waals surface area contributed by atoms with Gasteiger partial charge in [-0.3, -0.25) is 15.0 Å². The van der Waals surface area contributed by atoms with Crippen LogP contribution in [0.4, 0.5) is 0 Å². The quantitative estimate of drug-likeness (QED) is 0.393. The normalized spacial score (nSPS) is 10.1. The summed E-state index contributed by atoms with van der Waals surface area (Å²) in [4.78, 5) is 26.5. The molecule has 0 amide bonds. The van der Waals surface area contributed by atoms with Gasteiger partial charge in [-0.2, -0.15) is 0 Å². The molecule has 4 aromatic rings. The van der Waals surface area contributed by atoms with E-state index in [1.165, 1.54) is 0 Å². The molecule has 0 unspecified atom stereocenters. The molecule has 0 saturated carbocycles. The molecule has 0 radical (unpaired) electrons. The Morgan fingerprint density at radius 1 is 0.440 bits per heavy atom. The predicted octanol–water partition coefficient (Wildman–Crippen LogP) is 3.06. The molecule has 0 fully saturated rings. The van der Waals surface area contributed by atoms with Gasteiger partial charge in [-0.05, 0) is 36.4 Å². The fourth-order valence-corrected chi connectivity index (χ4v) is 2.20. The van der Waals surface area contributed by atoms with Crippen LogP contribution in [-0.2, 0) is 27.7 Å². The third kappa shape index (κ3) is 3.91. The van der Waals surface area contributed by atoms with Gasteiger partial charge < -0.3 is 0 Å². The average Bonchev–Trinajstić information content (AvgIpc) is 2.70. The summed E-state index contributed by atoms with van der Waals surface area (Å²) >= 11 is 0. The molecule has 0 bridgehead atoms. The molecule has 0 N–H and O–H groups in total. The van der Waals surface area contributed by atoms with E-state index in [9.17, 15) is 0 Å². The van der Waals surface area contributed by atoms with Crippen LogP contribution in [0.25, 0.3) is 34.6 Å². The number of nitrogens with zero attached hydrogens (tertiary/aromatic N) is 6. The molecule has 116 valence electrons. The molecule has 0 aromatic carbocycles. The Hall–Kier alpha value is -2.60. The van der Waals surface area contributed by atoms with Gasteiger partial charge in [0.1, 0.15) is 17.1 Å². The van der Waals surface area contributed by atoms with Gasteiger partial charge in [-0.25, -0.2) is 15.0 Å². The molecule has 0 aliphatic rings. The van der Waals surface area contributed by atoms with Crippen molar-refractivity contribution in [3.05, 3.63) is 73.2 Å². The number of hydrogen-bond donors (Lipinski definition) is 0. The van der Waals surface area contributed by atoms with Crippen LogP contribution in [0.5, 0.6) is 0 Å². The van der Waals surface area contributed by atoms with Crippen LogP contribution >= 0.6 is 0 Å². The van der Waals surface area contributed by atoms with Crippen molar-refractivity contribution >= 4 is 0 Å². The zero-order chi connectivity index (χ0) is 16.2. The Kier molecular flexibility index (Phi) is 5.50. The van der Waals surface area contributed by atoms with Crippen molar-refractivity contribution in [2.45, 2.75) is 0 Å². The first-order valence-electron chi connectivity index (χ1n) is 7.40. The zero-order valence-corrected chi connectivity index (χ0v) is 18.8. The van der Waals surface area contributed by atoms with Gasteiger partial charge in [0, 0.05) is 46.3 Å². The molecule has 25 heavy (non-hydrogen) atoms. The van der Waals surface area contributed by atoms with Gasteiger partial charge in [0.2, 0.25) is 0 Å². The predicted molar refractivity (Wildman–Crippen MR) is 89.5 cm³/mol. The largest absolute Gasteiger partial charge is 0.253 e. The maximum Gasteiger partial charge on any atom is 0.182 e. The second-order valence-corrected chi connectivity index (χ2v) is 4.95. The summed E-state index contributed by atoms with van der Waals surface area (Å²) in [6, 6.07) is 16.8. The molecule has 7 heteroatoms. The standard InChI is InChI=1S/C18H12N6.Hg/c1-4-10-19-13(7-1)16-22-17(14-8-2-5-11-20-14)24-18(23-16)15-9-3-6-12-21-15;/h1-12H;. The summed E-state index contributed by atoms with van der Waals surface area (Å²) in [7, 11) is 0. The summed E-state index contributed by atoms with van der Waals surface area (Å²) in [5, 5.41) is 0. The molecular formula is C18H12HgN6. The Balaban J connectivity index is 0.00000182. The fraction of sp³-hybridized carbons (Fsp3) is 0. The molecule has 0 spiro atoms. The van der Waals surface area contributed by atoms with E-state index in [-0.39, 0.29) is 27.7 Å². The molecule has 4 heterocycles. The summed E-state index contributed by atoms with van der Waals surface area (Å²) in [5.41, 5.74) is 2.03. The Morgan fingerprint density at radius 3 is 1.00 bits per heavy atom. The van der Waals surface area contributed by atoms with Crippen molar-refractivity contribution in [1.29, 1.82) is 0 Å². The number of hydrogen-bond acceptors (Lipinski definition) is 6. The smallest absolute Gasteiger partial charge is 0.182 e. The molecule has 6 nitrogen and oxygen atoms in total. The van der Waals surface area contributed by atoms with Crippen molar-refractivity contribution in [3.8, 4) is 34.6 Å². The molecule has 0 aliphatic carbocycles. The molecular weight excluding hydrogens is 501 g/mol. The second kappa shape index (κ2) is 7.98. The van der Waals surface area contributed by atoms with Gasteiger partial charge in [0.05, 0.1) is 0 Å². The average molecular weight is 513 g/mol. The maximum absolute atomic E-state index is 4.52. The monoisotopic (exact) mass is 514 g/mol. The van der Waals surface area contributed by atoms with Crippen LogP contribution in [-0.4, -0.2) is 29.9 Å². The van der Waals surface area contributed by atoms with Crippen LogP contribution in [0.15, 0.2) is 73.2 Å². The zero-order valence-electron chi connectivity index (χ0n) is 13.3. The van der Waals surface area contributed by atoms with E-state index in [1.807, 2.05) is 54.6 Å². The SMILES string of the molecule is [Hg].c1ccc(-c2nc(-c3ccccn3)nc(-c3ccccn3)n2)nc1. The minimum absolute atomic E-state index is 0. The van der Waals surface area contributed by atoms with Gasteiger partial charge in [0.25, 0.3) is 0 Å². The minimum atomic E-state index is 0. The molecule has 0 atom stereocenters. The molecule has 4 rings (SSSR count). The summed E-state index contributed by atoms with van der Waals surface area (Å²) in [5.74, 6) is 1.48. The van der Waals surface area contributed by atoms with E-state index in [0.29, 0.717) is 34.6 Å². The third-order valence-corrected chi connectivity index (χ3v) is 3.32. The van der Waals surface area contributed by atoms with E-state index in [2.05, 4.69) is 29.9 Å².